The van der Waals surface area contributed by atoms with Crippen LogP contribution in [0.4, 0.5) is 0 Å². The minimum absolute atomic E-state index is 0.0724. The van der Waals surface area contributed by atoms with Crippen LogP contribution in [0, 0.1) is 17.3 Å². The lowest BCUT2D eigenvalue weighted by molar-refractivity contribution is -0.133. The molecule has 0 rings (SSSR count). The Labute approximate surface area is 66.4 Å². The Bertz CT molecular complexity index is 195. The molecule has 3 nitrogen and oxygen atoms in total. The molecule has 0 spiro atoms. The van der Waals surface area contributed by atoms with Crippen LogP contribution in [0.1, 0.15) is 13.8 Å². The molecule has 0 aliphatic carbocycles. The Morgan fingerprint density at radius 1 is 1.64 bits per heavy atom. The van der Waals surface area contributed by atoms with E-state index in [9.17, 15) is 4.79 Å². The number of hydrogen-bond acceptors (Lipinski definition) is 3. The maximum absolute atomic E-state index is 10.5. The van der Waals surface area contributed by atoms with Gasteiger partial charge in [-0.15, -0.1) is 0 Å². The van der Waals surface area contributed by atoms with Crippen molar-refractivity contribution in [1.29, 1.82) is 0 Å². The molecule has 62 valence electrons. The number of carbonyl (C=O) groups excluding carboxylic acids is 1. The zero-order valence-corrected chi connectivity index (χ0v) is 6.97. The highest BCUT2D eigenvalue weighted by Gasteiger charge is 2.11. The number of methoxy groups -OCH3 is 1. The summed E-state index contributed by atoms with van der Waals surface area (Å²) in [4.78, 5) is 10.5. The number of aliphatic hydroxyl groups is 1. The molecule has 0 aromatic heterocycles. The largest absolute Gasteiger partial charge is 0.459 e. The molecule has 0 aromatic rings. The molecule has 0 fully saturated rings. The average molecular weight is 156 g/mol. The van der Waals surface area contributed by atoms with Crippen molar-refractivity contribution in [3.63, 3.8) is 0 Å². The summed E-state index contributed by atoms with van der Waals surface area (Å²) in [5, 5.41) is 8.73. The lowest BCUT2D eigenvalue weighted by atomic mass is 9.96. The average Bonchev–Trinajstić information content (AvgIpc) is 2.00. The summed E-state index contributed by atoms with van der Waals surface area (Å²) in [5.41, 5.74) is -0.534. The van der Waals surface area contributed by atoms with Crippen molar-refractivity contribution in [2.24, 2.45) is 5.41 Å². The molecule has 0 aliphatic heterocycles. The molecule has 0 aliphatic rings. The normalized spacial score (nSPS) is 9.82. The summed E-state index contributed by atoms with van der Waals surface area (Å²) < 4.78 is 4.30. The predicted octanol–water partition coefficient (Wildman–Crippen LogP) is 0.181. The topological polar surface area (TPSA) is 46.5 Å². The zero-order valence-electron chi connectivity index (χ0n) is 6.97. The van der Waals surface area contributed by atoms with Crippen molar-refractivity contribution >= 4 is 5.97 Å². The first-order valence-electron chi connectivity index (χ1n) is 3.24. The van der Waals surface area contributed by atoms with Gasteiger partial charge in [-0.3, -0.25) is 0 Å². The Morgan fingerprint density at radius 3 is 2.55 bits per heavy atom. The summed E-state index contributed by atoms with van der Waals surface area (Å²) in [6, 6.07) is 0. The van der Waals surface area contributed by atoms with E-state index >= 15 is 0 Å². The molecule has 3 heteroatoms. The van der Waals surface area contributed by atoms with E-state index in [1.807, 2.05) is 0 Å². The van der Waals surface area contributed by atoms with Gasteiger partial charge in [0, 0.05) is 11.3 Å². The molecule has 0 aromatic carbocycles. The minimum Gasteiger partial charge on any atom is -0.459 e. The summed E-state index contributed by atoms with van der Waals surface area (Å²) in [7, 11) is 1.27. The highest BCUT2D eigenvalue weighted by atomic mass is 16.5. The van der Waals surface area contributed by atoms with Gasteiger partial charge in [0.25, 0.3) is 0 Å². The number of hydrogen-bond donors (Lipinski definition) is 1. The van der Waals surface area contributed by atoms with Gasteiger partial charge >= 0.3 is 5.97 Å². The second-order valence-corrected chi connectivity index (χ2v) is 2.78. The van der Waals surface area contributed by atoms with E-state index in [2.05, 4.69) is 16.6 Å². The van der Waals surface area contributed by atoms with Crippen molar-refractivity contribution in [1.82, 2.24) is 0 Å². The molecule has 0 amide bonds. The van der Waals surface area contributed by atoms with Crippen LogP contribution in [0.2, 0.25) is 0 Å². The standard InChI is InChI=1S/C8H12O3/c1-8(2,6-9)5-4-7(10)11-3/h9H,6H2,1-3H3. The van der Waals surface area contributed by atoms with Gasteiger partial charge in [0.1, 0.15) is 0 Å². The number of aliphatic hydroxyl groups excluding tert-OH is 1. The van der Waals surface area contributed by atoms with Gasteiger partial charge in [0.15, 0.2) is 0 Å². The van der Waals surface area contributed by atoms with Gasteiger partial charge in [-0.25, -0.2) is 4.79 Å². The van der Waals surface area contributed by atoms with Gasteiger partial charge in [-0.1, -0.05) is 5.92 Å². The lowest BCUT2D eigenvalue weighted by Gasteiger charge is -2.11. The van der Waals surface area contributed by atoms with E-state index in [1.54, 1.807) is 13.8 Å². The number of carbonyl (C=O) groups is 1. The van der Waals surface area contributed by atoms with Crippen LogP contribution in [-0.2, 0) is 9.53 Å². The first-order chi connectivity index (χ1) is 5.02. The molecule has 0 saturated carbocycles. The molecule has 11 heavy (non-hydrogen) atoms. The van der Waals surface area contributed by atoms with Crippen molar-refractivity contribution in [2.45, 2.75) is 13.8 Å². The highest BCUT2D eigenvalue weighted by molar-refractivity contribution is 5.88. The van der Waals surface area contributed by atoms with Gasteiger partial charge in [0.2, 0.25) is 0 Å². The summed E-state index contributed by atoms with van der Waals surface area (Å²) >= 11 is 0. The zero-order chi connectivity index (χ0) is 8.91. The van der Waals surface area contributed by atoms with E-state index in [1.165, 1.54) is 7.11 Å². The smallest absolute Gasteiger partial charge is 0.384 e. The van der Waals surface area contributed by atoms with E-state index in [0.29, 0.717) is 0 Å². The Balaban J connectivity index is 4.16. The summed E-state index contributed by atoms with van der Waals surface area (Å²) in [6.45, 7) is 3.41. The van der Waals surface area contributed by atoms with Crippen molar-refractivity contribution in [3.05, 3.63) is 0 Å². The van der Waals surface area contributed by atoms with Crippen molar-refractivity contribution in [2.75, 3.05) is 13.7 Å². The van der Waals surface area contributed by atoms with E-state index < -0.39 is 11.4 Å². The molecular weight excluding hydrogens is 144 g/mol. The van der Waals surface area contributed by atoms with Crippen LogP contribution in [0.15, 0.2) is 0 Å². The molecule has 0 unspecified atom stereocenters. The third-order valence-electron chi connectivity index (χ3n) is 1.08. The summed E-state index contributed by atoms with van der Waals surface area (Å²) in [6.07, 6.45) is 0. The van der Waals surface area contributed by atoms with Crippen LogP contribution in [0.5, 0.6) is 0 Å². The summed E-state index contributed by atoms with van der Waals surface area (Å²) in [5.74, 6) is 4.26. The number of esters is 1. The Morgan fingerprint density at radius 2 is 2.18 bits per heavy atom. The second kappa shape index (κ2) is 3.99. The van der Waals surface area contributed by atoms with Crippen LogP contribution >= 0.6 is 0 Å². The molecule has 0 radical (unpaired) electrons. The van der Waals surface area contributed by atoms with Crippen LogP contribution in [0.25, 0.3) is 0 Å². The molecule has 0 heterocycles. The minimum atomic E-state index is -0.577. The highest BCUT2D eigenvalue weighted by Crippen LogP contribution is 2.10. The lowest BCUT2D eigenvalue weighted by Crippen LogP contribution is -2.14. The van der Waals surface area contributed by atoms with Crippen LogP contribution in [-0.4, -0.2) is 24.8 Å². The first-order valence-corrected chi connectivity index (χ1v) is 3.24. The van der Waals surface area contributed by atoms with Gasteiger partial charge in [0.05, 0.1) is 13.7 Å². The number of rotatable bonds is 1. The van der Waals surface area contributed by atoms with Crippen molar-refractivity contribution in [3.8, 4) is 11.8 Å². The fourth-order valence-corrected chi connectivity index (χ4v) is 0.311. The first kappa shape index (κ1) is 9.99. The van der Waals surface area contributed by atoms with E-state index in [0.717, 1.165) is 0 Å². The maximum Gasteiger partial charge on any atom is 0.384 e. The Kier molecular flexibility index (Phi) is 3.63. The SMILES string of the molecule is COC(=O)C#CC(C)(C)CO. The molecule has 0 saturated heterocycles. The quantitative estimate of drug-likeness (QED) is 0.334. The predicted molar refractivity (Wildman–Crippen MR) is 40.7 cm³/mol. The fraction of sp³-hybridized carbons (Fsp3) is 0.625. The van der Waals surface area contributed by atoms with Crippen molar-refractivity contribution < 1.29 is 14.6 Å². The van der Waals surface area contributed by atoms with Gasteiger partial charge in [-0.2, -0.15) is 0 Å². The molecular formula is C8H12O3. The molecule has 0 atom stereocenters. The van der Waals surface area contributed by atoms with Crippen LogP contribution in [0.3, 0.4) is 0 Å². The van der Waals surface area contributed by atoms with Crippen LogP contribution < -0.4 is 0 Å². The molecule has 0 bridgehead atoms. The molecule has 1 N–H and O–H groups in total. The maximum atomic E-state index is 10.5. The third-order valence-corrected chi connectivity index (χ3v) is 1.08. The monoisotopic (exact) mass is 156 g/mol. The van der Waals surface area contributed by atoms with Gasteiger partial charge < -0.3 is 9.84 Å². The van der Waals surface area contributed by atoms with Gasteiger partial charge in [-0.05, 0) is 13.8 Å². The second-order valence-electron chi connectivity index (χ2n) is 2.78. The van der Waals surface area contributed by atoms with E-state index in [4.69, 9.17) is 5.11 Å². The Hall–Kier alpha value is -1.01. The fourth-order valence-electron chi connectivity index (χ4n) is 0.311. The third kappa shape index (κ3) is 4.40. The van der Waals surface area contributed by atoms with E-state index in [-0.39, 0.29) is 6.61 Å². The number of ether oxygens (including phenoxy) is 1.